The largest absolute Gasteiger partial charge is 0.495 e. The molecule has 3 nitrogen and oxygen atoms in total. The van der Waals surface area contributed by atoms with Crippen molar-refractivity contribution in [2.75, 3.05) is 7.11 Å². The molecule has 0 bridgehead atoms. The summed E-state index contributed by atoms with van der Waals surface area (Å²) in [5.74, 6) is -0.968. The summed E-state index contributed by atoms with van der Waals surface area (Å²) in [6.45, 7) is 6.46. The van der Waals surface area contributed by atoms with E-state index in [2.05, 4.69) is 32.9 Å². The third-order valence-electron chi connectivity index (χ3n) is 4.14. The van der Waals surface area contributed by atoms with E-state index in [0.717, 1.165) is 5.56 Å². The number of benzene rings is 2. The molecule has 2 aromatic carbocycles. The molecule has 4 heteroatoms. The quantitative estimate of drug-likeness (QED) is 0.823. The van der Waals surface area contributed by atoms with Crippen molar-refractivity contribution < 1.29 is 14.6 Å². The number of methoxy groups -OCH3 is 1. The van der Waals surface area contributed by atoms with Gasteiger partial charge in [-0.3, -0.25) is 4.79 Å². The monoisotopic (exact) mass is 346 g/mol. The molecule has 0 aliphatic rings. The first-order valence-corrected chi connectivity index (χ1v) is 8.26. The second-order valence-electron chi connectivity index (χ2n) is 6.94. The van der Waals surface area contributed by atoms with Crippen LogP contribution in [0.3, 0.4) is 0 Å². The number of halogens is 1. The Morgan fingerprint density at radius 1 is 1.17 bits per heavy atom. The van der Waals surface area contributed by atoms with E-state index < -0.39 is 11.9 Å². The van der Waals surface area contributed by atoms with Crippen LogP contribution in [-0.2, 0) is 16.6 Å². The van der Waals surface area contributed by atoms with Crippen LogP contribution in [0.15, 0.2) is 42.5 Å². The first kappa shape index (κ1) is 18.3. The number of ether oxygens (including phenoxy) is 1. The molecule has 0 aromatic heterocycles. The van der Waals surface area contributed by atoms with Gasteiger partial charge in [-0.2, -0.15) is 0 Å². The van der Waals surface area contributed by atoms with Gasteiger partial charge >= 0.3 is 5.97 Å². The van der Waals surface area contributed by atoms with Gasteiger partial charge in [-0.05, 0) is 40.7 Å². The number of carbonyl (C=O) groups is 1. The van der Waals surface area contributed by atoms with E-state index in [-0.39, 0.29) is 5.41 Å². The second kappa shape index (κ2) is 7.27. The molecule has 0 heterocycles. The van der Waals surface area contributed by atoms with E-state index in [1.165, 1.54) is 12.7 Å². The number of carboxylic acid groups (broad SMARTS) is 1. The highest BCUT2D eigenvalue weighted by Gasteiger charge is 2.22. The summed E-state index contributed by atoms with van der Waals surface area (Å²) in [7, 11) is 1.53. The standard InChI is InChI=1S/C20H23ClO3/c1-20(2,3)15-8-5-13(6-9-15)11-16(19(22)23)14-7-10-18(24-4)17(21)12-14/h5-10,12,16H,11H2,1-4H3,(H,22,23). The van der Waals surface area contributed by atoms with Crippen molar-refractivity contribution in [2.45, 2.75) is 38.5 Å². The van der Waals surface area contributed by atoms with Crippen molar-refractivity contribution in [2.24, 2.45) is 0 Å². The molecule has 0 saturated heterocycles. The van der Waals surface area contributed by atoms with Crippen molar-refractivity contribution >= 4 is 17.6 Å². The molecule has 0 amide bonds. The zero-order chi connectivity index (χ0) is 17.9. The minimum Gasteiger partial charge on any atom is -0.495 e. The molecule has 0 aliphatic carbocycles. The molecule has 0 spiro atoms. The highest BCUT2D eigenvalue weighted by molar-refractivity contribution is 6.32. The predicted octanol–water partition coefficient (Wildman–Crippen LogP) is 5.06. The van der Waals surface area contributed by atoms with Gasteiger partial charge in [0.25, 0.3) is 0 Å². The number of carboxylic acids is 1. The highest BCUT2D eigenvalue weighted by Crippen LogP contribution is 2.30. The topological polar surface area (TPSA) is 46.5 Å². The van der Waals surface area contributed by atoms with Crippen LogP contribution in [-0.4, -0.2) is 18.2 Å². The van der Waals surface area contributed by atoms with Gasteiger partial charge in [0.05, 0.1) is 18.1 Å². The average Bonchev–Trinajstić information content (AvgIpc) is 2.52. The third kappa shape index (κ3) is 4.30. The van der Waals surface area contributed by atoms with Gasteiger partial charge in [-0.25, -0.2) is 0 Å². The molecule has 0 saturated carbocycles. The van der Waals surface area contributed by atoms with Gasteiger partial charge in [-0.15, -0.1) is 0 Å². The fourth-order valence-corrected chi connectivity index (χ4v) is 2.89. The lowest BCUT2D eigenvalue weighted by Gasteiger charge is -2.20. The molecule has 24 heavy (non-hydrogen) atoms. The summed E-state index contributed by atoms with van der Waals surface area (Å²) in [5, 5.41) is 10.0. The summed E-state index contributed by atoms with van der Waals surface area (Å²) in [5.41, 5.74) is 2.97. The highest BCUT2D eigenvalue weighted by atomic mass is 35.5. The summed E-state index contributed by atoms with van der Waals surface area (Å²) in [6.07, 6.45) is 0.419. The molecule has 128 valence electrons. The van der Waals surface area contributed by atoms with Crippen LogP contribution in [0.25, 0.3) is 0 Å². The van der Waals surface area contributed by atoms with Gasteiger partial charge in [-0.1, -0.05) is 62.7 Å². The van der Waals surface area contributed by atoms with Crippen molar-refractivity contribution in [3.63, 3.8) is 0 Å². The summed E-state index contributed by atoms with van der Waals surface area (Å²) in [6, 6.07) is 13.3. The zero-order valence-corrected chi connectivity index (χ0v) is 15.2. The maximum atomic E-state index is 11.7. The predicted molar refractivity (Wildman–Crippen MR) is 97.2 cm³/mol. The van der Waals surface area contributed by atoms with Crippen LogP contribution in [0.4, 0.5) is 0 Å². The number of hydrogen-bond acceptors (Lipinski definition) is 2. The molecule has 1 atom stereocenters. The van der Waals surface area contributed by atoms with Crippen molar-refractivity contribution in [3.05, 3.63) is 64.2 Å². The fraction of sp³-hybridized carbons (Fsp3) is 0.350. The van der Waals surface area contributed by atoms with Crippen LogP contribution in [0.2, 0.25) is 5.02 Å². The van der Waals surface area contributed by atoms with E-state index in [9.17, 15) is 9.90 Å². The Hall–Kier alpha value is -2.00. The first-order valence-electron chi connectivity index (χ1n) is 7.88. The van der Waals surface area contributed by atoms with Gasteiger partial charge in [0.2, 0.25) is 0 Å². The summed E-state index contributed by atoms with van der Waals surface area (Å²) >= 11 is 6.13. The molecular formula is C20H23ClO3. The van der Waals surface area contributed by atoms with E-state index in [4.69, 9.17) is 16.3 Å². The Balaban J connectivity index is 2.26. The Bertz CT molecular complexity index is 715. The fourth-order valence-electron chi connectivity index (χ4n) is 2.62. The maximum absolute atomic E-state index is 11.7. The van der Waals surface area contributed by atoms with E-state index in [1.54, 1.807) is 18.2 Å². The van der Waals surface area contributed by atoms with E-state index in [0.29, 0.717) is 22.8 Å². The second-order valence-corrected chi connectivity index (χ2v) is 7.34. The molecule has 0 radical (unpaired) electrons. The third-order valence-corrected chi connectivity index (χ3v) is 4.43. The van der Waals surface area contributed by atoms with Crippen molar-refractivity contribution in [1.29, 1.82) is 0 Å². The van der Waals surface area contributed by atoms with Crippen LogP contribution in [0, 0.1) is 0 Å². The van der Waals surface area contributed by atoms with Crippen LogP contribution >= 0.6 is 11.6 Å². The lowest BCUT2D eigenvalue weighted by atomic mass is 9.85. The zero-order valence-electron chi connectivity index (χ0n) is 14.5. The lowest BCUT2D eigenvalue weighted by Crippen LogP contribution is -2.15. The molecule has 2 aromatic rings. The molecule has 1 unspecified atom stereocenters. The molecule has 0 aliphatic heterocycles. The van der Waals surface area contributed by atoms with Gasteiger partial charge in [0.15, 0.2) is 0 Å². The molecule has 0 fully saturated rings. The Labute approximate surface area is 148 Å². The maximum Gasteiger partial charge on any atom is 0.311 e. The van der Waals surface area contributed by atoms with Crippen LogP contribution in [0.5, 0.6) is 5.75 Å². The average molecular weight is 347 g/mol. The van der Waals surface area contributed by atoms with Crippen LogP contribution < -0.4 is 4.74 Å². The first-order chi connectivity index (χ1) is 11.2. The summed E-state index contributed by atoms with van der Waals surface area (Å²) < 4.78 is 5.12. The number of rotatable bonds is 5. The molecule has 1 N–H and O–H groups in total. The van der Waals surface area contributed by atoms with Gasteiger partial charge in [0, 0.05) is 0 Å². The van der Waals surface area contributed by atoms with Crippen molar-refractivity contribution in [1.82, 2.24) is 0 Å². The number of aliphatic carboxylic acids is 1. The number of hydrogen-bond donors (Lipinski definition) is 1. The Morgan fingerprint density at radius 3 is 2.25 bits per heavy atom. The molecule has 2 rings (SSSR count). The Morgan fingerprint density at radius 2 is 1.79 bits per heavy atom. The minimum absolute atomic E-state index is 0.0776. The van der Waals surface area contributed by atoms with E-state index >= 15 is 0 Å². The Kier molecular flexibility index (Phi) is 5.55. The van der Waals surface area contributed by atoms with Crippen molar-refractivity contribution in [3.8, 4) is 5.75 Å². The minimum atomic E-state index is -0.865. The van der Waals surface area contributed by atoms with Crippen LogP contribution in [0.1, 0.15) is 43.4 Å². The van der Waals surface area contributed by atoms with E-state index in [1.807, 2.05) is 12.1 Å². The van der Waals surface area contributed by atoms with Gasteiger partial charge in [0.1, 0.15) is 5.75 Å². The van der Waals surface area contributed by atoms with Gasteiger partial charge < -0.3 is 9.84 Å². The SMILES string of the molecule is COc1ccc(C(Cc2ccc(C(C)(C)C)cc2)C(=O)O)cc1Cl. The lowest BCUT2D eigenvalue weighted by molar-refractivity contribution is -0.138. The summed E-state index contributed by atoms with van der Waals surface area (Å²) in [4.78, 5) is 11.7. The normalized spacial score (nSPS) is 12.7. The molecular weight excluding hydrogens is 324 g/mol. The smallest absolute Gasteiger partial charge is 0.311 e.